The second-order valence-electron chi connectivity index (χ2n) is 8.53. The smallest absolute Gasteiger partial charge is 0.487 e. The average molecular weight is 555 g/mol. The largest absolute Gasteiger partial charge is 0.504 e. The Labute approximate surface area is 201 Å². The fourth-order valence-corrected chi connectivity index (χ4v) is 6.00. The Kier molecular flexibility index (Phi) is 6.85. The maximum absolute atomic E-state index is 13.3. The summed E-state index contributed by atoms with van der Waals surface area (Å²) in [7, 11) is 1.84. The van der Waals surface area contributed by atoms with Gasteiger partial charge in [0.1, 0.15) is 0 Å². The molecule has 10 heteroatoms. The zero-order valence-electron chi connectivity index (χ0n) is 18.3. The number of carbonyl (C=O) groups is 2. The molecule has 0 aromatic heterocycles. The van der Waals surface area contributed by atoms with Gasteiger partial charge < -0.3 is 24.3 Å². The van der Waals surface area contributed by atoms with Crippen molar-refractivity contribution in [2.75, 3.05) is 27.4 Å². The molecule has 4 atom stereocenters. The van der Waals surface area contributed by atoms with E-state index >= 15 is 0 Å². The van der Waals surface area contributed by atoms with Crippen LogP contribution < -0.4 is 4.74 Å². The predicted molar refractivity (Wildman–Crippen MR) is 125 cm³/mol. The Morgan fingerprint density at radius 1 is 1.25 bits per heavy atom. The number of allylic oxidation sites excluding steroid dienone is 1. The molecule has 172 valence electrons. The number of phenols is 1. The summed E-state index contributed by atoms with van der Waals surface area (Å²) in [6, 6.07) is 3.47. The molecule has 8 nitrogen and oxygen atoms in total. The van der Waals surface area contributed by atoms with E-state index in [0.717, 1.165) is 11.1 Å². The number of nitrogens with zero attached hydrogens (tertiary/aromatic N) is 1. The van der Waals surface area contributed by atoms with Crippen LogP contribution in [0.1, 0.15) is 37.9 Å². The van der Waals surface area contributed by atoms with Crippen LogP contribution in [0.3, 0.4) is 0 Å². The molecule has 2 saturated heterocycles. The van der Waals surface area contributed by atoms with Crippen LogP contribution in [0.15, 0.2) is 23.2 Å². The van der Waals surface area contributed by atoms with Gasteiger partial charge in [0, 0.05) is 13.7 Å². The Morgan fingerprint density at radius 2 is 2.00 bits per heavy atom. The Morgan fingerprint density at radius 3 is 2.66 bits per heavy atom. The van der Waals surface area contributed by atoms with Gasteiger partial charge in [-0.05, 0) is 76.5 Å². The summed E-state index contributed by atoms with van der Waals surface area (Å²) in [6.45, 7) is 2.62. The lowest BCUT2D eigenvalue weighted by Crippen LogP contribution is -2.45. The lowest BCUT2D eigenvalue weighted by atomic mass is 9.55. The van der Waals surface area contributed by atoms with Crippen molar-refractivity contribution in [2.24, 2.45) is 17.8 Å². The van der Waals surface area contributed by atoms with Gasteiger partial charge in [-0.1, -0.05) is 6.92 Å². The molecule has 4 rings (SSSR count). The Bertz CT molecular complexity index is 968. The molecule has 1 aromatic carbocycles. The topological polar surface area (TPSA) is 106 Å². The van der Waals surface area contributed by atoms with Gasteiger partial charge in [0.25, 0.3) is 0 Å². The van der Waals surface area contributed by atoms with E-state index in [4.69, 9.17) is 14.1 Å². The zero-order valence-corrected chi connectivity index (χ0v) is 20.5. The molecule has 1 aromatic rings. The maximum Gasteiger partial charge on any atom is 0.487 e. The molecule has 0 spiro atoms. The molecule has 2 heterocycles. The van der Waals surface area contributed by atoms with E-state index in [2.05, 4.69) is 0 Å². The van der Waals surface area contributed by atoms with Gasteiger partial charge in [0.2, 0.25) is 11.8 Å². The van der Waals surface area contributed by atoms with Crippen molar-refractivity contribution in [3.63, 3.8) is 0 Å². The fourth-order valence-electron chi connectivity index (χ4n) is 5.38. The minimum atomic E-state index is -1.20. The summed E-state index contributed by atoms with van der Waals surface area (Å²) in [5, 5.41) is 21.2. The molecule has 2 N–H and O–H groups in total. The molecule has 2 amide bonds. The first kappa shape index (κ1) is 23.5. The molecule has 3 aliphatic rings. The summed E-state index contributed by atoms with van der Waals surface area (Å²) >= 11 is 2.01. The van der Waals surface area contributed by atoms with Gasteiger partial charge in [0.05, 0.1) is 35.2 Å². The number of halogens is 1. The summed E-state index contributed by atoms with van der Waals surface area (Å²) in [6.07, 6.45) is 1.01. The third-order valence-corrected chi connectivity index (χ3v) is 7.53. The molecule has 32 heavy (non-hydrogen) atoms. The van der Waals surface area contributed by atoms with Crippen molar-refractivity contribution in [3.8, 4) is 11.5 Å². The highest BCUT2D eigenvalue weighted by Gasteiger charge is 2.57. The van der Waals surface area contributed by atoms with Crippen molar-refractivity contribution >= 4 is 41.5 Å². The maximum atomic E-state index is 13.3. The first-order valence-corrected chi connectivity index (χ1v) is 11.9. The number of fused-ring (bicyclic) bond motifs is 3. The van der Waals surface area contributed by atoms with Crippen molar-refractivity contribution in [1.29, 1.82) is 0 Å². The van der Waals surface area contributed by atoms with E-state index < -0.39 is 25.1 Å². The van der Waals surface area contributed by atoms with Gasteiger partial charge >= 0.3 is 7.12 Å². The van der Waals surface area contributed by atoms with Crippen LogP contribution in [0.5, 0.6) is 11.5 Å². The number of amides is 2. The molecular weight excluding hydrogens is 528 g/mol. The molecule has 2 fully saturated rings. The lowest BCUT2D eigenvalue weighted by Gasteiger charge is -2.42. The normalized spacial score (nSPS) is 27.7. The highest BCUT2D eigenvalue weighted by molar-refractivity contribution is 14.1. The SMILES string of the molecule is CCCN1C(=O)[C@H]2[C@H](CC(COC)=C3B(O)O[C@H](c4cc(I)c(O)c(OC)c4)C[C@H]32)C1=O. The predicted octanol–water partition coefficient (Wildman–Crippen LogP) is 2.46. The van der Waals surface area contributed by atoms with E-state index in [1.54, 1.807) is 19.2 Å². The van der Waals surface area contributed by atoms with Gasteiger partial charge in [-0.3, -0.25) is 14.5 Å². The second-order valence-corrected chi connectivity index (χ2v) is 9.69. The van der Waals surface area contributed by atoms with Crippen molar-refractivity contribution in [3.05, 3.63) is 32.3 Å². The van der Waals surface area contributed by atoms with E-state index in [0.29, 0.717) is 40.6 Å². The van der Waals surface area contributed by atoms with Crippen LogP contribution in [0.2, 0.25) is 0 Å². The number of likely N-dealkylation sites (tertiary alicyclic amines) is 1. The highest BCUT2D eigenvalue weighted by atomic mass is 127. The zero-order chi connectivity index (χ0) is 23.2. The average Bonchev–Trinajstić information content (AvgIpc) is 3.00. The molecule has 0 radical (unpaired) electrons. The molecule has 0 bridgehead atoms. The van der Waals surface area contributed by atoms with Crippen LogP contribution in [0.4, 0.5) is 0 Å². The Hall–Kier alpha value is -1.63. The summed E-state index contributed by atoms with van der Waals surface area (Å²) in [5.74, 6) is -1.21. The standard InChI is InChI=1S/C22H27BINO7/c1-4-5-25-21(27)14-6-12(10-30-2)19-13(18(14)22(25)28)9-16(32-23(19)29)11-7-15(24)20(26)17(8-11)31-3/h7-8,13-14,16,18,26,29H,4-6,9-10H2,1-3H3/t13-,14-,16-,18+/m0/s1. The second kappa shape index (κ2) is 9.32. The molecule has 0 unspecified atom stereocenters. The minimum absolute atomic E-state index is 0.0423. The van der Waals surface area contributed by atoms with Gasteiger partial charge in [-0.2, -0.15) is 0 Å². The highest BCUT2D eigenvalue weighted by Crippen LogP contribution is 2.52. The van der Waals surface area contributed by atoms with E-state index in [1.165, 1.54) is 12.0 Å². The van der Waals surface area contributed by atoms with Crippen molar-refractivity contribution in [2.45, 2.75) is 32.3 Å². The third kappa shape index (κ3) is 3.84. The number of benzene rings is 1. The summed E-state index contributed by atoms with van der Waals surface area (Å²) in [5.41, 5.74) is 2.24. The molecule has 2 aliphatic heterocycles. The van der Waals surface area contributed by atoms with E-state index in [1.807, 2.05) is 29.5 Å². The van der Waals surface area contributed by atoms with E-state index in [-0.39, 0.29) is 30.1 Å². The number of imide groups is 1. The van der Waals surface area contributed by atoms with Crippen molar-refractivity contribution in [1.82, 2.24) is 4.90 Å². The van der Waals surface area contributed by atoms with E-state index in [9.17, 15) is 19.7 Å². The third-order valence-electron chi connectivity index (χ3n) is 6.71. The monoisotopic (exact) mass is 555 g/mol. The van der Waals surface area contributed by atoms with Crippen LogP contribution in [-0.2, 0) is 19.0 Å². The van der Waals surface area contributed by atoms with Crippen LogP contribution in [-0.4, -0.2) is 61.3 Å². The quantitative estimate of drug-likeness (QED) is 0.316. The van der Waals surface area contributed by atoms with Crippen LogP contribution in [0.25, 0.3) is 0 Å². The first-order chi connectivity index (χ1) is 15.3. The van der Waals surface area contributed by atoms with Crippen LogP contribution >= 0.6 is 22.6 Å². The number of ether oxygens (including phenoxy) is 2. The summed E-state index contributed by atoms with van der Waals surface area (Å²) in [4.78, 5) is 27.7. The van der Waals surface area contributed by atoms with Gasteiger partial charge in [-0.25, -0.2) is 0 Å². The molecular formula is C22H27BINO7. The molecule has 1 aliphatic carbocycles. The van der Waals surface area contributed by atoms with Gasteiger partial charge in [0.15, 0.2) is 11.5 Å². The minimum Gasteiger partial charge on any atom is -0.504 e. The number of aromatic hydroxyl groups is 1. The number of methoxy groups -OCH3 is 2. The molecule has 0 saturated carbocycles. The van der Waals surface area contributed by atoms with Crippen molar-refractivity contribution < 1.29 is 33.8 Å². The Balaban J connectivity index is 1.74. The number of phenolic OH excluding ortho intramolecular Hbond substituents is 1. The summed E-state index contributed by atoms with van der Waals surface area (Å²) < 4.78 is 17.2. The lowest BCUT2D eigenvalue weighted by molar-refractivity contribution is -0.140. The van der Waals surface area contributed by atoms with Crippen LogP contribution in [0, 0.1) is 21.3 Å². The number of hydrogen-bond donors (Lipinski definition) is 2. The number of hydrogen-bond acceptors (Lipinski definition) is 7. The first-order valence-electron chi connectivity index (χ1n) is 10.8. The number of carbonyl (C=O) groups excluding carboxylic acids is 2. The fraction of sp³-hybridized carbons (Fsp3) is 0.545. The van der Waals surface area contributed by atoms with Gasteiger partial charge in [-0.15, -0.1) is 0 Å². The number of rotatable bonds is 6.